The van der Waals surface area contributed by atoms with Crippen LogP contribution in [0.15, 0.2) is 121 Å². The summed E-state index contributed by atoms with van der Waals surface area (Å²) in [6.45, 7) is 0. The van der Waals surface area contributed by atoms with Crippen LogP contribution in [0.1, 0.15) is 5.56 Å². The number of benzene rings is 4. The van der Waals surface area contributed by atoms with Crippen molar-refractivity contribution in [3.05, 3.63) is 127 Å². The molecule has 0 nitrogen and oxygen atoms in total. The molecular weight excluding hydrogens is 398 g/mol. The molecule has 1 atom stereocenters. The third kappa shape index (κ3) is 4.53. The standard InChI is InChI=1S/C25H22P.ClH.H3P/c1-5-13-22(14-6-1)21-26(23-15-7-2-8-16-23,24-17-9-3-10-18-24)25-19-11-4-12-20-25;;/h1-20H,21H2;1H;1H3/q+1;;. The first-order valence-electron chi connectivity index (χ1n) is 8.98. The van der Waals surface area contributed by atoms with Gasteiger partial charge in [-0.1, -0.05) is 84.9 Å². The summed E-state index contributed by atoms with van der Waals surface area (Å²) in [4.78, 5) is 0. The Hall–Kier alpha value is -1.97. The van der Waals surface area contributed by atoms with E-state index in [1.807, 2.05) is 0 Å². The van der Waals surface area contributed by atoms with E-state index in [2.05, 4.69) is 121 Å². The van der Waals surface area contributed by atoms with Crippen LogP contribution in [0.4, 0.5) is 0 Å². The third-order valence-electron chi connectivity index (χ3n) is 4.85. The molecule has 0 amide bonds. The molecule has 0 bridgehead atoms. The maximum absolute atomic E-state index is 2.30. The lowest BCUT2D eigenvalue weighted by molar-refractivity contribution is 1.39. The van der Waals surface area contributed by atoms with E-state index in [-0.39, 0.29) is 22.3 Å². The van der Waals surface area contributed by atoms with Crippen LogP contribution in [-0.2, 0) is 6.16 Å². The molecule has 0 aromatic heterocycles. The summed E-state index contributed by atoms with van der Waals surface area (Å²) in [5.41, 5.74) is 1.39. The van der Waals surface area contributed by atoms with Crippen LogP contribution < -0.4 is 15.9 Å². The summed E-state index contributed by atoms with van der Waals surface area (Å²) in [6.07, 6.45) is 1.03. The molecule has 0 aliphatic carbocycles. The van der Waals surface area contributed by atoms with E-state index in [0.29, 0.717) is 0 Å². The minimum Gasteiger partial charge on any atom is -0.153 e. The fraction of sp³-hybridized carbons (Fsp3) is 0.0400. The molecule has 28 heavy (non-hydrogen) atoms. The Morgan fingerprint density at radius 1 is 0.429 bits per heavy atom. The summed E-state index contributed by atoms with van der Waals surface area (Å²) < 4.78 is 0. The second-order valence-electron chi connectivity index (χ2n) is 6.46. The molecule has 4 aromatic rings. The van der Waals surface area contributed by atoms with Gasteiger partial charge in [0.2, 0.25) is 0 Å². The zero-order chi connectivity index (χ0) is 17.7. The van der Waals surface area contributed by atoms with Crippen molar-refractivity contribution in [3.63, 3.8) is 0 Å². The molecule has 0 aliphatic heterocycles. The topological polar surface area (TPSA) is 0 Å². The van der Waals surface area contributed by atoms with E-state index in [1.165, 1.54) is 21.5 Å². The van der Waals surface area contributed by atoms with Crippen LogP contribution in [-0.4, -0.2) is 0 Å². The van der Waals surface area contributed by atoms with Crippen molar-refractivity contribution in [2.24, 2.45) is 0 Å². The molecule has 1 unspecified atom stereocenters. The monoisotopic (exact) mass is 423 g/mol. The van der Waals surface area contributed by atoms with Crippen LogP contribution >= 0.6 is 29.6 Å². The average molecular weight is 424 g/mol. The fourth-order valence-electron chi connectivity index (χ4n) is 3.63. The van der Waals surface area contributed by atoms with Crippen LogP contribution in [0.5, 0.6) is 0 Å². The molecule has 0 fully saturated rings. The van der Waals surface area contributed by atoms with Crippen molar-refractivity contribution in [2.75, 3.05) is 0 Å². The fourth-order valence-corrected chi connectivity index (χ4v) is 7.87. The first kappa shape index (κ1) is 22.3. The third-order valence-corrected chi connectivity index (χ3v) is 9.23. The molecule has 0 saturated carbocycles. The largest absolute Gasteiger partial charge is 0.153 e. The summed E-state index contributed by atoms with van der Waals surface area (Å²) >= 11 is 0. The Bertz CT molecular complexity index is 846. The van der Waals surface area contributed by atoms with Crippen molar-refractivity contribution < 1.29 is 0 Å². The van der Waals surface area contributed by atoms with Crippen molar-refractivity contribution in [3.8, 4) is 0 Å². The van der Waals surface area contributed by atoms with Crippen molar-refractivity contribution in [1.82, 2.24) is 0 Å². The highest BCUT2D eigenvalue weighted by Crippen LogP contribution is 2.58. The van der Waals surface area contributed by atoms with Gasteiger partial charge in [-0.25, -0.2) is 0 Å². The quantitative estimate of drug-likeness (QED) is 0.363. The Morgan fingerprint density at radius 2 is 0.714 bits per heavy atom. The Balaban J connectivity index is 0.00000140. The first-order valence-corrected chi connectivity index (χ1v) is 11.0. The molecule has 0 saturated heterocycles. The predicted molar refractivity (Wildman–Crippen MR) is 134 cm³/mol. The second-order valence-corrected chi connectivity index (χ2v) is 9.95. The van der Waals surface area contributed by atoms with Gasteiger partial charge in [0.1, 0.15) is 23.2 Å². The average Bonchev–Trinajstić information content (AvgIpc) is 2.75. The molecule has 0 aliphatic rings. The van der Waals surface area contributed by atoms with Crippen molar-refractivity contribution in [1.29, 1.82) is 0 Å². The highest BCUT2D eigenvalue weighted by Gasteiger charge is 2.45. The zero-order valence-electron chi connectivity index (χ0n) is 15.8. The molecule has 0 N–H and O–H groups in total. The van der Waals surface area contributed by atoms with Gasteiger partial charge in [0.15, 0.2) is 0 Å². The van der Waals surface area contributed by atoms with Gasteiger partial charge in [-0.2, -0.15) is 9.90 Å². The minimum atomic E-state index is -1.78. The number of hydrogen-bond donors (Lipinski definition) is 0. The van der Waals surface area contributed by atoms with E-state index in [1.54, 1.807) is 0 Å². The van der Waals surface area contributed by atoms with Gasteiger partial charge in [0.25, 0.3) is 0 Å². The van der Waals surface area contributed by atoms with E-state index < -0.39 is 7.26 Å². The highest BCUT2D eigenvalue weighted by atomic mass is 35.5. The lowest BCUT2D eigenvalue weighted by Crippen LogP contribution is -2.32. The Morgan fingerprint density at radius 3 is 1.04 bits per heavy atom. The maximum atomic E-state index is 2.30. The minimum absolute atomic E-state index is 0. The molecule has 3 heteroatoms. The van der Waals surface area contributed by atoms with Gasteiger partial charge in [0.05, 0.1) is 6.16 Å². The molecule has 0 heterocycles. The number of hydrogen-bond acceptors (Lipinski definition) is 0. The van der Waals surface area contributed by atoms with Crippen LogP contribution in [0.3, 0.4) is 0 Å². The smallest absolute Gasteiger partial charge is 0.116 e. The van der Waals surface area contributed by atoms with Crippen molar-refractivity contribution >= 4 is 45.5 Å². The normalized spacial score (nSPS) is 10.4. The number of rotatable bonds is 5. The SMILES string of the molecule is Cl.P.c1ccc(C[P+](c2ccccc2)(c2ccccc2)c2ccccc2)cc1. The molecule has 0 spiro atoms. The van der Waals surface area contributed by atoms with E-state index in [4.69, 9.17) is 0 Å². The molecule has 142 valence electrons. The zero-order valence-corrected chi connectivity index (χ0v) is 18.9. The number of halogens is 1. The summed E-state index contributed by atoms with van der Waals surface area (Å²) in [7, 11) is -1.78. The molecule has 4 aromatic carbocycles. The summed E-state index contributed by atoms with van der Waals surface area (Å²) in [5.74, 6) is 0. The second kappa shape index (κ2) is 10.5. The molecule has 4 rings (SSSR count). The van der Waals surface area contributed by atoms with E-state index in [9.17, 15) is 0 Å². The van der Waals surface area contributed by atoms with Gasteiger partial charge in [-0.3, -0.25) is 0 Å². The summed E-state index contributed by atoms with van der Waals surface area (Å²) in [5, 5.41) is 4.30. The van der Waals surface area contributed by atoms with Gasteiger partial charge in [-0.15, -0.1) is 12.4 Å². The van der Waals surface area contributed by atoms with Crippen LogP contribution in [0.25, 0.3) is 0 Å². The lowest BCUT2D eigenvalue weighted by atomic mass is 10.2. The predicted octanol–water partition coefficient (Wildman–Crippen LogP) is 5.66. The van der Waals surface area contributed by atoms with Crippen LogP contribution in [0.2, 0.25) is 0 Å². The van der Waals surface area contributed by atoms with Gasteiger partial charge in [-0.05, 0) is 42.0 Å². The summed E-state index contributed by atoms with van der Waals surface area (Å²) in [6, 6.07) is 44.0. The maximum Gasteiger partial charge on any atom is 0.116 e. The first-order chi connectivity index (χ1) is 12.9. The van der Waals surface area contributed by atoms with E-state index >= 15 is 0 Å². The van der Waals surface area contributed by atoms with E-state index in [0.717, 1.165) is 6.16 Å². The Kier molecular flexibility index (Phi) is 8.40. The van der Waals surface area contributed by atoms with Crippen LogP contribution in [0, 0.1) is 0 Å². The highest BCUT2D eigenvalue weighted by molar-refractivity contribution is 7.95. The van der Waals surface area contributed by atoms with Gasteiger partial charge >= 0.3 is 0 Å². The molecule has 0 radical (unpaired) electrons. The molecular formula is C25H26ClP2+. The van der Waals surface area contributed by atoms with Gasteiger partial charge in [0, 0.05) is 0 Å². The van der Waals surface area contributed by atoms with Crippen molar-refractivity contribution in [2.45, 2.75) is 6.16 Å². The Labute approximate surface area is 178 Å². The van der Waals surface area contributed by atoms with Gasteiger partial charge < -0.3 is 0 Å². The lowest BCUT2D eigenvalue weighted by Gasteiger charge is -2.27.